The fraction of sp³-hybridized carbons (Fsp3) is 1.00. The van der Waals surface area contributed by atoms with Gasteiger partial charge in [-0.25, -0.2) is 0 Å². The molecule has 0 radical (unpaired) electrons. The van der Waals surface area contributed by atoms with Crippen LogP contribution in [-0.4, -0.2) is 24.9 Å². The van der Waals surface area contributed by atoms with E-state index in [9.17, 15) is 0 Å². The lowest BCUT2D eigenvalue weighted by atomic mass is 9.87. The largest absolute Gasteiger partial charge is 0.394 e. The van der Waals surface area contributed by atoms with E-state index < -0.39 is 0 Å². The van der Waals surface area contributed by atoms with Crippen LogP contribution >= 0.6 is 0 Å². The van der Waals surface area contributed by atoms with Crippen molar-refractivity contribution in [2.45, 2.75) is 38.5 Å². The number of aliphatic hydroxyl groups excluding tert-OH is 1. The van der Waals surface area contributed by atoms with Gasteiger partial charge in [0.2, 0.25) is 0 Å². The summed E-state index contributed by atoms with van der Waals surface area (Å²) in [7, 11) is 0. The fourth-order valence-electron chi connectivity index (χ4n) is 1.89. The molecule has 0 spiro atoms. The lowest BCUT2D eigenvalue weighted by Gasteiger charge is -2.20. The Labute approximate surface area is 74.9 Å². The molecule has 2 nitrogen and oxygen atoms in total. The standard InChI is InChI=1S/C10H20O2/c11-7-9-12-8-6-10-4-2-1-3-5-10/h10-11H,1-9H2. The van der Waals surface area contributed by atoms with E-state index in [2.05, 4.69) is 0 Å². The second-order valence-electron chi connectivity index (χ2n) is 3.63. The molecule has 1 rings (SSSR count). The van der Waals surface area contributed by atoms with Crippen LogP contribution in [0.1, 0.15) is 38.5 Å². The van der Waals surface area contributed by atoms with Gasteiger partial charge in [0.05, 0.1) is 13.2 Å². The van der Waals surface area contributed by atoms with Crippen molar-refractivity contribution in [2.24, 2.45) is 5.92 Å². The number of ether oxygens (including phenoxy) is 1. The van der Waals surface area contributed by atoms with Crippen LogP contribution in [0.2, 0.25) is 0 Å². The Kier molecular flexibility index (Phi) is 5.37. The van der Waals surface area contributed by atoms with Crippen LogP contribution in [0.25, 0.3) is 0 Å². The molecular weight excluding hydrogens is 152 g/mol. The maximum Gasteiger partial charge on any atom is 0.0697 e. The average Bonchev–Trinajstić information content (AvgIpc) is 2.14. The molecule has 1 aliphatic rings. The van der Waals surface area contributed by atoms with Crippen molar-refractivity contribution >= 4 is 0 Å². The predicted octanol–water partition coefficient (Wildman–Crippen LogP) is 1.97. The minimum Gasteiger partial charge on any atom is -0.394 e. The molecule has 0 bridgehead atoms. The Hall–Kier alpha value is -0.0800. The Morgan fingerprint density at radius 2 is 1.83 bits per heavy atom. The second kappa shape index (κ2) is 6.44. The van der Waals surface area contributed by atoms with Crippen LogP contribution in [-0.2, 0) is 4.74 Å². The summed E-state index contributed by atoms with van der Waals surface area (Å²) in [6, 6.07) is 0. The van der Waals surface area contributed by atoms with Crippen LogP contribution < -0.4 is 0 Å². The highest BCUT2D eigenvalue weighted by atomic mass is 16.5. The van der Waals surface area contributed by atoms with Gasteiger partial charge < -0.3 is 9.84 Å². The molecule has 0 aromatic rings. The predicted molar refractivity (Wildman–Crippen MR) is 49.1 cm³/mol. The maximum absolute atomic E-state index is 8.48. The summed E-state index contributed by atoms with van der Waals surface area (Å²) < 4.78 is 5.24. The zero-order valence-electron chi connectivity index (χ0n) is 7.80. The van der Waals surface area contributed by atoms with E-state index in [1.807, 2.05) is 0 Å². The molecule has 12 heavy (non-hydrogen) atoms. The first-order valence-electron chi connectivity index (χ1n) is 5.12. The van der Waals surface area contributed by atoms with E-state index >= 15 is 0 Å². The number of hydrogen-bond acceptors (Lipinski definition) is 2. The topological polar surface area (TPSA) is 29.5 Å². The molecule has 0 atom stereocenters. The first-order valence-corrected chi connectivity index (χ1v) is 5.12. The second-order valence-corrected chi connectivity index (χ2v) is 3.63. The summed E-state index contributed by atoms with van der Waals surface area (Å²) in [5.74, 6) is 0.900. The van der Waals surface area contributed by atoms with E-state index in [1.54, 1.807) is 0 Å². The first-order chi connectivity index (χ1) is 5.93. The Balaban J connectivity index is 1.91. The van der Waals surface area contributed by atoms with Crippen LogP contribution in [0.3, 0.4) is 0 Å². The summed E-state index contributed by atoms with van der Waals surface area (Å²) in [6.07, 6.45) is 8.22. The summed E-state index contributed by atoms with van der Waals surface area (Å²) >= 11 is 0. The highest BCUT2D eigenvalue weighted by Crippen LogP contribution is 2.25. The smallest absolute Gasteiger partial charge is 0.0697 e. The number of aliphatic hydroxyl groups is 1. The molecule has 1 aliphatic carbocycles. The van der Waals surface area contributed by atoms with E-state index in [0.29, 0.717) is 6.61 Å². The highest BCUT2D eigenvalue weighted by molar-refractivity contribution is 4.65. The third-order valence-electron chi connectivity index (χ3n) is 2.63. The monoisotopic (exact) mass is 172 g/mol. The van der Waals surface area contributed by atoms with Crippen LogP contribution in [0.5, 0.6) is 0 Å². The minimum atomic E-state index is 0.157. The summed E-state index contributed by atoms with van der Waals surface area (Å²) in [5.41, 5.74) is 0. The van der Waals surface area contributed by atoms with Crippen molar-refractivity contribution < 1.29 is 9.84 Å². The third-order valence-corrected chi connectivity index (χ3v) is 2.63. The molecular formula is C10H20O2. The normalized spacial score (nSPS) is 19.8. The Bertz CT molecular complexity index is 98.0. The van der Waals surface area contributed by atoms with Gasteiger partial charge in [-0.05, 0) is 12.3 Å². The van der Waals surface area contributed by atoms with Crippen LogP contribution in [0.4, 0.5) is 0 Å². The molecule has 0 heterocycles. The van der Waals surface area contributed by atoms with Gasteiger partial charge in [-0.1, -0.05) is 32.1 Å². The molecule has 1 fully saturated rings. The number of hydrogen-bond donors (Lipinski definition) is 1. The van der Waals surface area contributed by atoms with Crippen molar-refractivity contribution in [2.75, 3.05) is 19.8 Å². The minimum absolute atomic E-state index is 0.157. The van der Waals surface area contributed by atoms with Crippen molar-refractivity contribution in [3.63, 3.8) is 0 Å². The Morgan fingerprint density at radius 3 is 2.50 bits per heavy atom. The van der Waals surface area contributed by atoms with E-state index in [4.69, 9.17) is 9.84 Å². The summed E-state index contributed by atoms with van der Waals surface area (Å²) in [6.45, 7) is 1.50. The van der Waals surface area contributed by atoms with Gasteiger partial charge in [0.15, 0.2) is 0 Å². The highest BCUT2D eigenvalue weighted by Gasteiger charge is 2.12. The lowest BCUT2D eigenvalue weighted by molar-refractivity contribution is 0.0795. The fourth-order valence-corrected chi connectivity index (χ4v) is 1.89. The molecule has 0 amide bonds. The average molecular weight is 172 g/mol. The summed E-state index contributed by atoms with van der Waals surface area (Å²) in [5, 5.41) is 8.48. The third kappa shape index (κ3) is 4.07. The molecule has 2 heteroatoms. The van der Waals surface area contributed by atoms with E-state index in [-0.39, 0.29) is 6.61 Å². The zero-order valence-corrected chi connectivity index (χ0v) is 7.80. The molecule has 1 saturated carbocycles. The first kappa shape index (κ1) is 10.0. The van der Waals surface area contributed by atoms with Gasteiger partial charge in [-0.3, -0.25) is 0 Å². The molecule has 0 aliphatic heterocycles. The van der Waals surface area contributed by atoms with Gasteiger partial charge >= 0.3 is 0 Å². The van der Waals surface area contributed by atoms with Crippen LogP contribution in [0.15, 0.2) is 0 Å². The van der Waals surface area contributed by atoms with Gasteiger partial charge in [-0.2, -0.15) is 0 Å². The summed E-state index contributed by atoms with van der Waals surface area (Å²) in [4.78, 5) is 0. The molecule has 0 saturated heterocycles. The van der Waals surface area contributed by atoms with Crippen molar-refractivity contribution in [1.82, 2.24) is 0 Å². The quantitative estimate of drug-likeness (QED) is 0.642. The van der Waals surface area contributed by atoms with E-state index in [0.717, 1.165) is 12.5 Å². The molecule has 72 valence electrons. The van der Waals surface area contributed by atoms with Gasteiger partial charge in [0.1, 0.15) is 0 Å². The van der Waals surface area contributed by atoms with Crippen molar-refractivity contribution in [3.8, 4) is 0 Å². The van der Waals surface area contributed by atoms with Gasteiger partial charge in [0.25, 0.3) is 0 Å². The number of rotatable bonds is 5. The molecule has 0 aromatic heterocycles. The maximum atomic E-state index is 8.48. The zero-order chi connectivity index (χ0) is 8.65. The van der Waals surface area contributed by atoms with E-state index in [1.165, 1.54) is 38.5 Å². The van der Waals surface area contributed by atoms with Gasteiger partial charge in [0, 0.05) is 6.61 Å². The van der Waals surface area contributed by atoms with Crippen LogP contribution in [0, 0.1) is 5.92 Å². The molecule has 0 unspecified atom stereocenters. The van der Waals surface area contributed by atoms with Crippen molar-refractivity contribution in [3.05, 3.63) is 0 Å². The van der Waals surface area contributed by atoms with Crippen molar-refractivity contribution in [1.29, 1.82) is 0 Å². The van der Waals surface area contributed by atoms with Gasteiger partial charge in [-0.15, -0.1) is 0 Å². The molecule has 0 aromatic carbocycles. The lowest BCUT2D eigenvalue weighted by Crippen LogP contribution is -2.10. The Morgan fingerprint density at radius 1 is 1.08 bits per heavy atom. The molecule has 1 N–H and O–H groups in total. The SMILES string of the molecule is OCCOCCC1CCCCC1.